The summed E-state index contributed by atoms with van der Waals surface area (Å²) in [6.45, 7) is -0.0486. The molecule has 1 N–H and O–H groups in total. The number of aromatic amines is 1. The molecule has 30 heavy (non-hydrogen) atoms. The predicted molar refractivity (Wildman–Crippen MR) is 108 cm³/mol. The molecule has 0 unspecified atom stereocenters. The van der Waals surface area contributed by atoms with Gasteiger partial charge in [-0.15, -0.1) is 0 Å². The fourth-order valence-corrected chi connectivity index (χ4v) is 3.42. The highest BCUT2D eigenvalue weighted by atomic mass is 16.5. The molecule has 0 bridgehead atoms. The Bertz CT molecular complexity index is 1170. The minimum absolute atomic E-state index is 0.0115. The summed E-state index contributed by atoms with van der Waals surface area (Å²) in [6, 6.07) is 13.7. The summed E-state index contributed by atoms with van der Waals surface area (Å²) < 4.78 is 5.15. The molecule has 2 amide bonds. The average Bonchev–Trinajstić information content (AvgIpc) is 2.99. The van der Waals surface area contributed by atoms with Crippen LogP contribution in [0.2, 0.25) is 0 Å². The van der Waals surface area contributed by atoms with Gasteiger partial charge in [0.15, 0.2) is 0 Å². The van der Waals surface area contributed by atoms with Crippen molar-refractivity contribution in [3.63, 3.8) is 0 Å². The molecule has 0 aliphatic carbocycles. The number of carbonyl (C=O) groups is 3. The lowest BCUT2D eigenvalue weighted by atomic mass is 10.1. The Labute approximate surface area is 171 Å². The lowest BCUT2D eigenvalue weighted by molar-refractivity contribution is -0.143. The SMILES string of the molecule is O=C(CCCc1nc2ccccc2c(=O)[nH]1)OCCN1C(=O)c2ccccc2C1=O. The molecule has 2 aromatic carbocycles. The van der Waals surface area contributed by atoms with Crippen LogP contribution in [0.1, 0.15) is 39.4 Å². The first-order valence-corrected chi connectivity index (χ1v) is 9.63. The molecule has 0 fully saturated rings. The van der Waals surface area contributed by atoms with Crippen molar-refractivity contribution in [3.8, 4) is 0 Å². The summed E-state index contributed by atoms with van der Waals surface area (Å²) in [5.74, 6) is -0.678. The van der Waals surface area contributed by atoms with Gasteiger partial charge in [0.05, 0.1) is 28.6 Å². The number of amides is 2. The smallest absolute Gasteiger partial charge is 0.305 e. The normalized spacial score (nSPS) is 13.0. The second kappa shape index (κ2) is 8.28. The average molecular weight is 405 g/mol. The molecule has 4 rings (SSSR count). The number of nitrogens with one attached hydrogen (secondary N) is 1. The first-order valence-electron chi connectivity index (χ1n) is 9.63. The van der Waals surface area contributed by atoms with Gasteiger partial charge in [0, 0.05) is 12.8 Å². The maximum Gasteiger partial charge on any atom is 0.305 e. The van der Waals surface area contributed by atoms with Crippen molar-refractivity contribution < 1.29 is 19.1 Å². The van der Waals surface area contributed by atoms with Crippen molar-refractivity contribution in [3.05, 3.63) is 75.8 Å². The van der Waals surface area contributed by atoms with E-state index in [1.54, 1.807) is 42.5 Å². The molecular formula is C22H19N3O5. The van der Waals surface area contributed by atoms with Crippen LogP contribution in [-0.4, -0.2) is 45.8 Å². The lowest BCUT2D eigenvalue weighted by Crippen LogP contribution is -2.33. The summed E-state index contributed by atoms with van der Waals surface area (Å²) in [5.41, 5.74) is 1.13. The van der Waals surface area contributed by atoms with Gasteiger partial charge in [0.2, 0.25) is 0 Å². The van der Waals surface area contributed by atoms with Crippen LogP contribution in [0.25, 0.3) is 10.9 Å². The summed E-state index contributed by atoms with van der Waals surface area (Å²) >= 11 is 0. The van der Waals surface area contributed by atoms with Gasteiger partial charge in [-0.1, -0.05) is 24.3 Å². The fraction of sp³-hybridized carbons (Fsp3) is 0.227. The minimum atomic E-state index is -0.435. The highest BCUT2D eigenvalue weighted by Crippen LogP contribution is 2.21. The summed E-state index contributed by atoms with van der Waals surface area (Å²) in [5, 5.41) is 0.522. The number of H-pyrrole nitrogens is 1. The number of hydrogen-bond acceptors (Lipinski definition) is 6. The zero-order valence-corrected chi connectivity index (χ0v) is 16.1. The molecule has 1 aliphatic rings. The number of esters is 1. The molecule has 0 saturated carbocycles. The molecule has 8 heteroatoms. The maximum atomic E-state index is 12.3. The molecule has 8 nitrogen and oxygen atoms in total. The number of aryl methyl sites for hydroxylation is 1. The molecule has 1 aliphatic heterocycles. The second-order valence-corrected chi connectivity index (χ2v) is 6.91. The number of aromatic nitrogens is 2. The van der Waals surface area contributed by atoms with Gasteiger partial charge < -0.3 is 9.72 Å². The van der Waals surface area contributed by atoms with Crippen LogP contribution in [-0.2, 0) is 16.0 Å². The summed E-state index contributed by atoms with van der Waals surface area (Å²) in [4.78, 5) is 56.7. The van der Waals surface area contributed by atoms with Crippen LogP contribution in [0.3, 0.4) is 0 Å². The number of nitrogens with zero attached hydrogens (tertiary/aromatic N) is 2. The lowest BCUT2D eigenvalue weighted by Gasteiger charge is -2.13. The highest BCUT2D eigenvalue weighted by Gasteiger charge is 2.34. The van der Waals surface area contributed by atoms with Crippen molar-refractivity contribution in [1.29, 1.82) is 0 Å². The van der Waals surface area contributed by atoms with E-state index in [0.29, 0.717) is 40.7 Å². The van der Waals surface area contributed by atoms with Crippen LogP contribution in [0.4, 0.5) is 0 Å². The Morgan fingerprint density at radius 2 is 1.63 bits per heavy atom. The van der Waals surface area contributed by atoms with E-state index in [2.05, 4.69) is 9.97 Å². The van der Waals surface area contributed by atoms with Gasteiger partial charge in [0.25, 0.3) is 17.4 Å². The van der Waals surface area contributed by atoms with E-state index in [9.17, 15) is 19.2 Å². The number of carbonyl (C=O) groups excluding carboxylic acids is 3. The number of imide groups is 1. The third-order valence-electron chi connectivity index (χ3n) is 4.91. The molecule has 3 aromatic rings. The number of fused-ring (bicyclic) bond motifs is 2. The molecule has 0 radical (unpaired) electrons. The van der Waals surface area contributed by atoms with E-state index in [4.69, 9.17) is 4.74 Å². The van der Waals surface area contributed by atoms with Crippen molar-refractivity contribution in [2.75, 3.05) is 13.2 Å². The Morgan fingerprint density at radius 1 is 0.967 bits per heavy atom. The number of rotatable bonds is 7. The van der Waals surface area contributed by atoms with E-state index in [1.807, 2.05) is 6.07 Å². The Morgan fingerprint density at radius 3 is 2.37 bits per heavy atom. The van der Waals surface area contributed by atoms with Crippen molar-refractivity contribution in [2.24, 2.45) is 0 Å². The third kappa shape index (κ3) is 3.84. The van der Waals surface area contributed by atoms with Crippen molar-refractivity contribution >= 4 is 28.7 Å². The number of para-hydroxylation sites is 1. The molecule has 0 spiro atoms. The minimum Gasteiger partial charge on any atom is -0.464 e. The Balaban J connectivity index is 1.24. The Kier molecular flexibility index (Phi) is 5.38. The van der Waals surface area contributed by atoms with Gasteiger partial charge in [-0.05, 0) is 30.7 Å². The van der Waals surface area contributed by atoms with E-state index < -0.39 is 5.97 Å². The van der Waals surface area contributed by atoms with Crippen LogP contribution in [0, 0.1) is 0 Å². The van der Waals surface area contributed by atoms with Crippen LogP contribution in [0.5, 0.6) is 0 Å². The van der Waals surface area contributed by atoms with Crippen LogP contribution < -0.4 is 5.56 Å². The molecular weight excluding hydrogens is 386 g/mol. The summed E-state index contributed by atoms with van der Waals surface area (Å²) in [6.07, 6.45) is 1.01. The van der Waals surface area contributed by atoms with Crippen LogP contribution >= 0.6 is 0 Å². The fourth-order valence-electron chi connectivity index (χ4n) is 3.42. The van der Waals surface area contributed by atoms with Gasteiger partial charge >= 0.3 is 5.97 Å². The van der Waals surface area contributed by atoms with Gasteiger partial charge in [0.1, 0.15) is 12.4 Å². The zero-order chi connectivity index (χ0) is 21.1. The van der Waals surface area contributed by atoms with Gasteiger partial charge in [-0.3, -0.25) is 24.1 Å². The zero-order valence-electron chi connectivity index (χ0n) is 16.1. The standard InChI is InChI=1S/C22H19N3O5/c26-19(11-5-10-18-23-17-9-4-3-8-16(17)20(27)24-18)30-13-12-25-21(28)14-6-1-2-7-15(14)22(25)29/h1-4,6-9H,5,10-13H2,(H,23,24,27). The second-order valence-electron chi connectivity index (χ2n) is 6.91. The number of benzene rings is 2. The molecule has 152 valence electrons. The molecule has 0 saturated heterocycles. The third-order valence-corrected chi connectivity index (χ3v) is 4.91. The summed E-state index contributed by atoms with van der Waals surface area (Å²) in [7, 11) is 0. The molecule has 1 aromatic heterocycles. The topological polar surface area (TPSA) is 109 Å². The van der Waals surface area contributed by atoms with E-state index in [0.717, 1.165) is 4.90 Å². The monoisotopic (exact) mass is 405 g/mol. The van der Waals surface area contributed by atoms with Gasteiger partial charge in [-0.2, -0.15) is 0 Å². The largest absolute Gasteiger partial charge is 0.464 e. The van der Waals surface area contributed by atoms with E-state index in [1.165, 1.54) is 0 Å². The van der Waals surface area contributed by atoms with Gasteiger partial charge in [-0.25, -0.2) is 4.98 Å². The maximum absolute atomic E-state index is 12.3. The first-order chi connectivity index (χ1) is 14.5. The molecule has 2 heterocycles. The van der Waals surface area contributed by atoms with E-state index >= 15 is 0 Å². The molecule has 0 atom stereocenters. The van der Waals surface area contributed by atoms with E-state index in [-0.39, 0.29) is 36.9 Å². The van der Waals surface area contributed by atoms with Crippen molar-refractivity contribution in [1.82, 2.24) is 14.9 Å². The van der Waals surface area contributed by atoms with Crippen LogP contribution in [0.15, 0.2) is 53.3 Å². The van der Waals surface area contributed by atoms with Crippen molar-refractivity contribution in [2.45, 2.75) is 19.3 Å². The number of hydrogen-bond donors (Lipinski definition) is 1. The quantitative estimate of drug-likeness (QED) is 0.476. The Hall–Kier alpha value is -3.81. The predicted octanol–water partition coefficient (Wildman–Crippen LogP) is 2.09. The number of ether oxygens (including phenoxy) is 1. The first kappa shape index (κ1) is 19.5. The highest BCUT2D eigenvalue weighted by molar-refractivity contribution is 6.21.